The first-order valence-electron chi connectivity index (χ1n) is 5.94. The molecule has 1 fully saturated rings. The van der Waals surface area contributed by atoms with Gasteiger partial charge < -0.3 is 20.4 Å². The summed E-state index contributed by atoms with van der Waals surface area (Å²) in [6.45, 7) is 4.03. The second-order valence-corrected chi connectivity index (χ2v) is 4.09. The molecular weight excluding hydrogens is 220 g/mol. The van der Waals surface area contributed by atoms with Crippen molar-refractivity contribution >= 4 is 11.8 Å². The lowest BCUT2D eigenvalue weighted by Crippen LogP contribution is -2.29. The molecule has 2 heterocycles. The smallest absolute Gasteiger partial charge is 0.360 e. The summed E-state index contributed by atoms with van der Waals surface area (Å²) in [6.07, 6.45) is 3.64. The number of carbonyl (C=O) groups is 1. The molecule has 6 nitrogen and oxygen atoms in total. The second-order valence-electron chi connectivity index (χ2n) is 4.09. The molecule has 0 saturated carbocycles. The van der Waals surface area contributed by atoms with E-state index in [1.54, 1.807) is 13.3 Å². The number of anilines is 1. The van der Waals surface area contributed by atoms with Crippen molar-refractivity contribution in [3.05, 3.63) is 12.0 Å². The quantitative estimate of drug-likeness (QED) is 0.752. The van der Waals surface area contributed by atoms with E-state index < -0.39 is 5.97 Å². The molecule has 1 saturated heterocycles. The van der Waals surface area contributed by atoms with Gasteiger partial charge in [0.2, 0.25) is 0 Å². The maximum absolute atomic E-state index is 11.6. The van der Waals surface area contributed by atoms with E-state index >= 15 is 0 Å². The summed E-state index contributed by atoms with van der Waals surface area (Å²) in [5.74, 6) is -0.0342. The molecule has 94 valence electrons. The monoisotopic (exact) mass is 238 g/mol. The van der Waals surface area contributed by atoms with Gasteiger partial charge in [-0.3, -0.25) is 0 Å². The van der Waals surface area contributed by atoms with Crippen LogP contribution >= 0.6 is 0 Å². The lowest BCUT2D eigenvalue weighted by atomic mass is 10.1. The third kappa shape index (κ3) is 2.41. The molecule has 0 unspecified atom stereocenters. The van der Waals surface area contributed by atoms with Crippen LogP contribution in [0.15, 0.2) is 6.33 Å². The number of rotatable bonds is 3. The van der Waals surface area contributed by atoms with Gasteiger partial charge in [0.15, 0.2) is 5.69 Å². The zero-order valence-corrected chi connectivity index (χ0v) is 9.98. The van der Waals surface area contributed by atoms with E-state index in [4.69, 9.17) is 10.5 Å². The van der Waals surface area contributed by atoms with E-state index in [0.29, 0.717) is 18.5 Å². The van der Waals surface area contributed by atoms with Crippen LogP contribution in [0.2, 0.25) is 0 Å². The molecule has 0 spiro atoms. The molecule has 0 bridgehead atoms. The van der Waals surface area contributed by atoms with Gasteiger partial charge in [0.1, 0.15) is 5.82 Å². The first kappa shape index (κ1) is 11.9. The van der Waals surface area contributed by atoms with Crippen molar-refractivity contribution in [3.63, 3.8) is 0 Å². The fraction of sp³-hybridized carbons (Fsp3) is 0.636. The van der Waals surface area contributed by atoms with Gasteiger partial charge in [-0.15, -0.1) is 0 Å². The molecule has 1 aliphatic heterocycles. The molecule has 1 aromatic heterocycles. The van der Waals surface area contributed by atoms with Gasteiger partial charge in [-0.2, -0.15) is 0 Å². The summed E-state index contributed by atoms with van der Waals surface area (Å²) in [7, 11) is 0. The molecule has 0 atom stereocenters. The summed E-state index contributed by atoms with van der Waals surface area (Å²) < 4.78 is 6.78. The molecule has 17 heavy (non-hydrogen) atoms. The van der Waals surface area contributed by atoms with Gasteiger partial charge in [0.25, 0.3) is 0 Å². The standard InChI is InChI=1S/C11H18N4O2/c1-2-17-11(16)9-10(12)15(7-14-9)8-3-5-13-6-4-8/h7-8,13H,2-6,12H2,1H3. The van der Waals surface area contributed by atoms with Crippen molar-refractivity contribution in [3.8, 4) is 0 Å². The van der Waals surface area contributed by atoms with Crippen LogP contribution in [-0.2, 0) is 4.74 Å². The third-order valence-electron chi connectivity index (χ3n) is 3.00. The molecule has 0 amide bonds. The Hall–Kier alpha value is -1.56. The van der Waals surface area contributed by atoms with Crippen molar-refractivity contribution in [2.75, 3.05) is 25.4 Å². The molecule has 0 radical (unpaired) electrons. The van der Waals surface area contributed by atoms with Gasteiger partial charge in [-0.05, 0) is 32.9 Å². The summed E-state index contributed by atoms with van der Waals surface area (Å²) in [4.78, 5) is 15.6. The van der Waals surface area contributed by atoms with Crippen molar-refractivity contribution in [2.24, 2.45) is 0 Å². The Bertz CT molecular complexity index is 396. The third-order valence-corrected chi connectivity index (χ3v) is 3.00. The molecule has 1 aromatic rings. The Morgan fingerprint density at radius 3 is 3.00 bits per heavy atom. The number of imidazole rings is 1. The molecule has 1 aliphatic rings. The molecule has 3 N–H and O–H groups in total. The number of hydrogen-bond acceptors (Lipinski definition) is 5. The zero-order chi connectivity index (χ0) is 12.3. The Morgan fingerprint density at radius 2 is 2.35 bits per heavy atom. The SMILES string of the molecule is CCOC(=O)c1ncn(C2CCNCC2)c1N. The van der Waals surface area contributed by atoms with Crippen LogP contribution < -0.4 is 11.1 Å². The van der Waals surface area contributed by atoms with Crippen molar-refractivity contribution < 1.29 is 9.53 Å². The number of ether oxygens (including phenoxy) is 1. The van der Waals surface area contributed by atoms with Gasteiger partial charge in [-0.1, -0.05) is 0 Å². The second kappa shape index (κ2) is 5.18. The average Bonchev–Trinajstić information content (AvgIpc) is 2.72. The summed E-state index contributed by atoms with van der Waals surface area (Å²) in [6, 6.07) is 0.326. The van der Waals surface area contributed by atoms with Crippen LogP contribution in [0.3, 0.4) is 0 Å². The molecular formula is C11H18N4O2. The van der Waals surface area contributed by atoms with E-state index in [1.807, 2.05) is 4.57 Å². The van der Waals surface area contributed by atoms with Crippen LogP contribution in [-0.4, -0.2) is 35.2 Å². The van der Waals surface area contributed by atoms with E-state index in [2.05, 4.69) is 10.3 Å². The van der Waals surface area contributed by atoms with Gasteiger partial charge >= 0.3 is 5.97 Å². The fourth-order valence-electron chi connectivity index (χ4n) is 2.10. The number of nitrogens with one attached hydrogen (secondary N) is 1. The van der Waals surface area contributed by atoms with Crippen molar-refractivity contribution in [2.45, 2.75) is 25.8 Å². The fourth-order valence-corrected chi connectivity index (χ4v) is 2.10. The maximum atomic E-state index is 11.6. The predicted molar refractivity (Wildman–Crippen MR) is 63.7 cm³/mol. The Labute approximate surface area is 100 Å². The average molecular weight is 238 g/mol. The van der Waals surface area contributed by atoms with Crippen LogP contribution in [0.4, 0.5) is 5.82 Å². The minimum absolute atomic E-state index is 0.227. The first-order chi connectivity index (χ1) is 8.24. The molecule has 2 rings (SSSR count). The topological polar surface area (TPSA) is 82.2 Å². The highest BCUT2D eigenvalue weighted by Gasteiger charge is 2.22. The van der Waals surface area contributed by atoms with Crippen molar-refractivity contribution in [1.82, 2.24) is 14.9 Å². The number of nitrogens with zero attached hydrogens (tertiary/aromatic N) is 2. The van der Waals surface area contributed by atoms with Crippen LogP contribution in [0.25, 0.3) is 0 Å². The lowest BCUT2D eigenvalue weighted by Gasteiger charge is -2.24. The van der Waals surface area contributed by atoms with Gasteiger partial charge in [0, 0.05) is 6.04 Å². The number of piperidine rings is 1. The van der Waals surface area contributed by atoms with Crippen LogP contribution in [0.5, 0.6) is 0 Å². The maximum Gasteiger partial charge on any atom is 0.360 e. The zero-order valence-electron chi connectivity index (χ0n) is 9.98. The van der Waals surface area contributed by atoms with E-state index in [1.165, 1.54) is 0 Å². The minimum Gasteiger partial charge on any atom is -0.461 e. The van der Waals surface area contributed by atoms with Gasteiger partial charge in [0.05, 0.1) is 12.9 Å². The Morgan fingerprint density at radius 1 is 1.65 bits per heavy atom. The highest BCUT2D eigenvalue weighted by atomic mass is 16.5. The highest BCUT2D eigenvalue weighted by Crippen LogP contribution is 2.23. The molecule has 0 aliphatic carbocycles. The summed E-state index contributed by atoms with van der Waals surface area (Å²) >= 11 is 0. The minimum atomic E-state index is -0.447. The predicted octanol–water partition coefficient (Wildman–Crippen LogP) is 0.566. The number of esters is 1. The number of carbonyl (C=O) groups excluding carboxylic acids is 1. The van der Waals surface area contributed by atoms with Crippen LogP contribution in [0.1, 0.15) is 36.3 Å². The lowest BCUT2D eigenvalue weighted by molar-refractivity contribution is 0.0521. The number of nitrogen functional groups attached to an aromatic ring is 1. The molecule has 6 heteroatoms. The normalized spacial score (nSPS) is 17.0. The number of hydrogen-bond donors (Lipinski definition) is 2. The number of nitrogens with two attached hydrogens (primary N) is 1. The largest absolute Gasteiger partial charge is 0.461 e. The number of aromatic nitrogens is 2. The van der Waals surface area contributed by atoms with Crippen molar-refractivity contribution in [1.29, 1.82) is 0 Å². The first-order valence-corrected chi connectivity index (χ1v) is 5.94. The Balaban J connectivity index is 2.16. The van der Waals surface area contributed by atoms with Gasteiger partial charge in [-0.25, -0.2) is 9.78 Å². The van der Waals surface area contributed by atoms with E-state index in [9.17, 15) is 4.79 Å². The van der Waals surface area contributed by atoms with E-state index in [0.717, 1.165) is 25.9 Å². The summed E-state index contributed by atoms with van der Waals surface area (Å²) in [5, 5.41) is 3.29. The van der Waals surface area contributed by atoms with Crippen LogP contribution in [0, 0.1) is 0 Å². The summed E-state index contributed by atoms with van der Waals surface area (Å²) in [5.41, 5.74) is 6.17. The van der Waals surface area contributed by atoms with E-state index in [-0.39, 0.29) is 5.69 Å². The Kier molecular flexibility index (Phi) is 3.63. The molecule has 0 aromatic carbocycles. The highest BCUT2D eigenvalue weighted by molar-refractivity contribution is 5.92.